The molecule has 6 heteroatoms. The highest BCUT2D eigenvalue weighted by atomic mass is 16.6. The lowest BCUT2D eigenvalue weighted by Crippen LogP contribution is -2.43. The fourth-order valence-electron chi connectivity index (χ4n) is 3.89. The molecule has 0 N–H and O–H groups in total. The van der Waals surface area contributed by atoms with Crippen LogP contribution in [0.25, 0.3) is 0 Å². The lowest BCUT2D eigenvalue weighted by atomic mass is 9.78. The summed E-state index contributed by atoms with van der Waals surface area (Å²) in [6, 6.07) is 6.91. The summed E-state index contributed by atoms with van der Waals surface area (Å²) >= 11 is 0. The molecule has 6 nitrogen and oxygen atoms in total. The van der Waals surface area contributed by atoms with Gasteiger partial charge in [-0.3, -0.25) is 19.8 Å². The molecule has 1 aromatic carbocycles. The van der Waals surface area contributed by atoms with Crippen molar-refractivity contribution in [2.24, 2.45) is 5.41 Å². The highest BCUT2D eigenvalue weighted by molar-refractivity contribution is 5.73. The van der Waals surface area contributed by atoms with E-state index in [2.05, 4.69) is 4.90 Å². The number of non-ortho nitro benzene ring substituents is 1. The second kappa shape index (κ2) is 6.28. The van der Waals surface area contributed by atoms with E-state index in [0.29, 0.717) is 5.41 Å². The molecule has 0 aliphatic carbocycles. The van der Waals surface area contributed by atoms with Gasteiger partial charge in [-0.1, -0.05) is 12.1 Å². The monoisotopic (exact) mass is 317 g/mol. The number of hydrogen-bond donors (Lipinski definition) is 0. The average Bonchev–Trinajstić information content (AvgIpc) is 2.90. The fourth-order valence-corrected chi connectivity index (χ4v) is 3.89. The van der Waals surface area contributed by atoms with Gasteiger partial charge < -0.3 is 4.90 Å². The Labute approximate surface area is 136 Å². The zero-order valence-electron chi connectivity index (χ0n) is 13.5. The first-order valence-electron chi connectivity index (χ1n) is 8.19. The number of benzene rings is 1. The summed E-state index contributed by atoms with van der Waals surface area (Å²) in [5.41, 5.74) is 1.48. The first-order chi connectivity index (χ1) is 11.0. The van der Waals surface area contributed by atoms with Crippen LogP contribution in [0, 0.1) is 15.5 Å². The number of piperidine rings is 1. The second-order valence-electron chi connectivity index (χ2n) is 6.89. The molecular formula is C17H23N3O3. The molecule has 2 fully saturated rings. The van der Waals surface area contributed by atoms with Gasteiger partial charge in [0, 0.05) is 45.2 Å². The zero-order valence-corrected chi connectivity index (χ0v) is 13.5. The fraction of sp³-hybridized carbons (Fsp3) is 0.588. The molecule has 0 aromatic heterocycles. The predicted octanol–water partition coefficient (Wildman–Crippen LogP) is 2.43. The van der Waals surface area contributed by atoms with E-state index < -0.39 is 0 Å². The largest absolute Gasteiger partial charge is 0.343 e. The number of carbonyl (C=O) groups is 1. The van der Waals surface area contributed by atoms with Gasteiger partial charge in [0.05, 0.1) is 4.92 Å². The Hall–Kier alpha value is -1.95. The minimum atomic E-state index is -0.341. The standard InChI is InChI=1S/C17H23N3O3/c1-14(21)19-9-6-17(7-10-19)5-8-18(13-17)12-15-3-2-4-16(11-15)20(22)23/h2-4,11H,5-10,12-13H2,1H3. The van der Waals surface area contributed by atoms with Crippen molar-refractivity contribution in [2.45, 2.75) is 32.7 Å². The predicted molar refractivity (Wildman–Crippen MR) is 86.9 cm³/mol. The molecule has 3 rings (SSSR count). The maximum Gasteiger partial charge on any atom is 0.269 e. The highest BCUT2D eigenvalue weighted by Crippen LogP contribution is 2.40. The van der Waals surface area contributed by atoms with Gasteiger partial charge in [-0.2, -0.15) is 0 Å². The van der Waals surface area contributed by atoms with Crippen LogP contribution < -0.4 is 0 Å². The number of nitro benzene ring substituents is 1. The van der Waals surface area contributed by atoms with Crippen molar-refractivity contribution >= 4 is 11.6 Å². The average molecular weight is 317 g/mol. The normalized spacial score (nSPS) is 20.8. The summed E-state index contributed by atoms with van der Waals surface area (Å²) in [5, 5.41) is 10.9. The smallest absolute Gasteiger partial charge is 0.269 e. The number of likely N-dealkylation sites (tertiary alicyclic amines) is 2. The summed E-state index contributed by atoms with van der Waals surface area (Å²) in [6.45, 7) is 6.19. The van der Waals surface area contributed by atoms with E-state index >= 15 is 0 Å². The van der Waals surface area contributed by atoms with Crippen molar-refractivity contribution in [3.8, 4) is 0 Å². The molecule has 23 heavy (non-hydrogen) atoms. The Balaban J connectivity index is 1.59. The Morgan fingerprint density at radius 1 is 1.26 bits per heavy atom. The summed E-state index contributed by atoms with van der Waals surface area (Å²) in [4.78, 5) is 26.3. The van der Waals surface area contributed by atoms with Crippen LogP contribution >= 0.6 is 0 Å². The molecule has 2 saturated heterocycles. The first kappa shape index (κ1) is 15.9. The van der Waals surface area contributed by atoms with E-state index in [1.54, 1.807) is 19.1 Å². The van der Waals surface area contributed by atoms with E-state index in [1.807, 2.05) is 11.0 Å². The molecular weight excluding hydrogens is 294 g/mol. The minimum absolute atomic E-state index is 0.158. The molecule has 0 atom stereocenters. The third-order valence-corrected chi connectivity index (χ3v) is 5.31. The molecule has 1 amide bonds. The van der Waals surface area contributed by atoms with Crippen LogP contribution in [0.5, 0.6) is 0 Å². The van der Waals surface area contributed by atoms with E-state index in [9.17, 15) is 14.9 Å². The lowest BCUT2D eigenvalue weighted by molar-refractivity contribution is -0.384. The molecule has 0 bridgehead atoms. The Morgan fingerprint density at radius 3 is 2.61 bits per heavy atom. The Kier molecular flexibility index (Phi) is 4.35. The topological polar surface area (TPSA) is 66.7 Å². The van der Waals surface area contributed by atoms with Gasteiger partial charge in [-0.15, -0.1) is 0 Å². The second-order valence-corrected chi connectivity index (χ2v) is 6.89. The molecule has 2 aliphatic rings. The number of amides is 1. The maximum atomic E-state index is 11.5. The van der Waals surface area contributed by atoms with Crippen molar-refractivity contribution in [3.63, 3.8) is 0 Å². The number of nitro groups is 1. The first-order valence-corrected chi connectivity index (χ1v) is 8.19. The number of carbonyl (C=O) groups excluding carboxylic acids is 1. The van der Waals surface area contributed by atoms with E-state index in [0.717, 1.165) is 57.5 Å². The molecule has 0 radical (unpaired) electrons. The van der Waals surface area contributed by atoms with E-state index in [-0.39, 0.29) is 16.5 Å². The minimum Gasteiger partial charge on any atom is -0.343 e. The summed E-state index contributed by atoms with van der Waals surface area (Å²) in [6.07, 6.45) is 3.30. The van der Waals surface area contributed by atoms with Gasteiger partial charge in [0.25, 0.3) is 5.69 Å². The molecule has 0 saturated carbocycles. The van der Waals surface area contributed by atoms with Crippen molar-refractivity contribution in [3.05, 3.63) is 39.9 Å². The lowest BCUT2D eigenvalue weighted by Gasteiger charge is -2.39. The van der Waals surface area contributed by atoms with Crippen molar-refractivity contribution in [1.82, 2.24) is 9.80 Å². The molecule has 0 unspecified atom stereocenters. The van der Waals surface area contributed by atoms with Gasteiger partial charge >= 0.3 is 0 Å². The zero-order chi connectivity index (χ0) is 16.4. The van der Waals surface area contributed by atoms with Crippen LogP contribution in [0.3, 0.4) is 0 Å². The molecule has 2 aliphatic heterocycles. The Bertz CT molecular complexity index is 609. The summed E-state index contributed by atoms with van der Waals surface area (Å²) in [7, 11) is 0. The third kappa shape index (κ3) is 3.52. The quantitative estimate of drug-likeness (QED) is 0.634. The van der Waals surface area contributed by atoms with Crippen molar-refractivity contribution < 1.29 is 9.72 Å². The van der Waals surface area contributed by atoms with Gasteiger partial charge in [0.1, 0.15) is 0 Å². The highest BCUT2D eigenvalue weighted by Gasteiger charge is 2.40. The summed E-state index contributed by atoms with van der Waals surface area (Å²) < 4.78 is 0. The van der Waals surface area contributed by atoms with Gasteiger partial charge in [-0.25, -0.2) is 0 Å². The van der Waals surface area contributed by atoms with E-state index in [1.165, 1.54) is 6.07 Å². The van der Waals surface area contributed by atoms with Crippen LogP contribution in [0.15, 0.2) is 24.3 Å². The summed E-state index contributed by atoms with van der Waals surface area (Å²) in [5.74, 6) is 0.172. The van der Waals surface area contributed by atoms with Gasteiger partial charge in [0.15, 0.2) is 0 Å². The van der Waals surface area contributed by atoms with Crippen molar-refractivity contribution in [2.75, 3.05) is 26.2 Å². The van der Waals surface area contributed by atoms with Crippen LogP contribution in [0.4, 0.5) is 5.69 Å². The van der Waals surface area contributed by atoms with Gasteiger partial charge in [0.2, 0.25) is 5.91 Å². The van der Waals surface area contributed by atoms with E-state index in [4.69, 9.17) is 0 Å². The van der Waals surface area contributed by atoms with Crippen LogP contribution in [-0.4, -0.2) is 46.8 Å². The number of nitrogens with zero attached hydrogens (tertiary/aromatic N) is 3. The molecule has 2 heterocycles. The third-order valence-electron chi connectivity index (χ3n) is 5.31. The SMILES string of the molecule is CC(=O)N1CCC2(CCN(Cc3cccc([N+](=O)[O-])c3)C2)CC1. The van der Waals surface area contributed by atoms with Crippen molar-refractivity contribution in [1.29, 1.82) is 0 Å². The van der Waals surface area contributed by atoms with Crippen LogP contribution in [0.2, 0.25) is 0 Å². The molecule has 1 spiro atoms. The van der Waals surface area contributed by atoms with Crippen LogP contribution in [-0.2, 0) is 11.3 Å². The molecule has 1 aromatic rings. The number of rotatable bonds is 3. The Morgan fingerprint density at radius 2 is 1.96 bits per heavy atom. The van der Waals surface area contributed by atoms with Gasteiger partial charge in [-0.05, 0) is 36.8 Å². The van der Waals surface area contributed by atoms with Crippen LogP contribution in [0.1, 0.15) is 31.7 Å². The number of hydrogen-bond acceptors (Lipinski definition) is 4. The molecule has 124 valence electrons. The maximum absolute atomic E-state index is 11.5.